The van der Waals surface area contributed by atoms with E-state index < -0.39 is 0 Å². The number of aromatic nitrogens is 1. The molecule has 1 heterocycles. The fourth-order valence-corrected chi connectivity index (χ4v) is 4.76. The number of hydrogen-bond acceptors (Lipinski definition) is 3. The van der Waals surface area contributed by atoms with Crippen LogP contribution in [0.15, 0.2) is 72.3 Å². The van der Waals surface area contributed by atoms with Crippen molar-refractivity contribution in [3.63, 3.8) is 0 Å². The molecule has 0 spiro atoms. The standard InChI is InChI=1S/C25H24F2N2OS/c26-21-9-4-18(5-10-21)25(19-6-11-22(27)12-7-19)17-20(25)8-13-23(30)28-14-2-1-3-24-29-15-16-31-24/h4-13,15-16,20H,1-3,14,17H2,(H,28,30)/b13-8+/t20-/m1/s1. The summed E-state index contributed by atoms with van der Waals surface area (Å²) < 4.78 is 26.9. The molecule has 0 bridgehead atoms. The SMILES string of the molecule is O=C(/C=C/[C@@H]1CC1(c1ccc(F)cc1)c1ccc(F)cc1)NCCCCc1nccs1. The Bertz CT molecular complexity index is 985. The first-order valence-electron chi connectivity index (χ1n) is 10.4. The molecular formula is C25H24F2N2OS. The third kappa shape index (κ3) is 5.07. The van der Waals surface area contributed by atoms with Crippen LogP contribution in [-0.2, 0) is 16.6 Å². The number of benzene rings is 2. The van der Waals surface area contributed by atoms with Crippen molar-refractivity contribution in [3.05, 3.63) is 100 Å². The highest BCUT2D eigenvalue weighted by molar-refractivity contribution is 7.09. The highest BCUT2D eigenvalue weighted by Gasteiger charge is 2.55. The molecule has 160 valence electrons. The minimum absolute atomic E-state index is 0.0964. The summed E-state index contributed by atoms with van der Waals surface area (Å²) in [7, 11) is 0. The lowest BCUT2D eigenvalue weighted by Gasteiger charge is -2.18. The summed E-state index contributed by atoms with van der Waals surface area (Å²) in [5.74, 6) is -0.604. The molecular weight excluding hydrogens is 414 g/mol. The Morgan fingerprint density at radius 2 is 1.71 bits per heavy atom. The first-order valence-corrected chi connectivity index (χ1v) is 11.3. The number of nitrogens with one attached hydrogen (secondary N) is 1. The first-order chi connectivity index (χ1) is 15.1. The van der Waals surface area contributed by atoms with Gasteiger partial charge in [-0.25, -0.2) is 13.8 Å². The van der Waals surface area contributed by atoms with E-state index in [1.807, 2.05) is 17.7 Å². The van der Waals surface area contributed by atoms with Crippen LogP contribution in [0.5, 0.6) is 0 Å². The van der Waals surface area contributed by atoms with Crippen molar-refractivity contribution < 1.29 is 13.6 Å². The fourth-order valence-electron chi connectivity index (χ4n) is 4.10. The zero-order chi connectivity index (χ0) is 21.7. The van der Waals surface area contributed by atoms with E-state index in [-0.39, 0.29) is 28.9 Å². The molecule has 1 N–H and O–H groups in total. The molecule has 6 heteroatoms. The quantitative estimate of drug-likeness (QED) is 0.358. The lowest BCUT2D eigenvalue weighted by Crippen LogP contribution is -2.22. The summed E-state index contributed by atoms with van der Waals surface area (Å²) in [6, 6.07) is 12.9. The second-order valence-corrected chi connectivity index (χ2v) is 8.81. The van der Waals surface area contributed by atoms with Gasteiger partial charge in [-0.3, -0.25) is 4.79 Å². The second kappa shape index (κ2) is 9.52. The maximum atomic E-state index is 13.4. The minimum Gasteiger partial charge on any atom is -0.353 e. The van der Waals surface area contributed by atoms with Crippen molar-refractivity contribution in [2.24, 2.45) is 5.92 Å². The first kappa shape index (κ1) is 21.4. The molecule has 1 amide bonds. The van der Waals surface area contributed by atoms with Gasteiger partial charge in [-0.2, -0.15) is 0 Å². The number of hydrogen-bond donors (Lipinski definition) is 1. The van der Waals surface area contributed by atoms with E-state index in [1.165, 1.54) is 24.3 Å². The molecule has 4 rings (SSSR count). The maximum Gasteiger partial charge on any atom is 0.243 e. The summed E-state index contributed by atoms with van der Waals surface area (Å²) in [4.78, 5) is 16.5. The largest absolute Gasteiger partial charge is 0.353 e. The Morgan fingerprint density at radius 1 is 1.06 bits per heavy atom. The molecule has 1 saturated carbocycles. The molecule has 1 aromatic heterocycles. The maximum absolute atomic E-state index is 13.4. The molecule has 1 atom stereocenters. The lowest BCUT2D eigenvalue weighted by atomic mass is 9.85. The normalized spacial score (nSPS) is 17.0. The molecule has 1 fully saturated rings. The lowest BCUT2D eigenvalue weighted by molar-refractivity contribution is -0.116. The van der Waals surface area contributed by atoms with Crippen molar-refractivity contribution in [2.75, 3.05) is 6.54 Å². The topological polar surface area (TPSA) is 42.0 Å². The molecule has 2 aromatic carbocycles. The molecule has 1 aliphatic rings. The number of thiazole rings is 1. The van der Waals surface area contributed by atoms with E-state index in [4.69, 9.17) is 0 Å². The monoisotopic (exact) mass is 438 g/mol. The smallest absolute Gasteiger partial charge is 0.243 e. The van der Waals surface area contributed by atoms with Crippen LogP contribution in [0.25, 0.3) is 0 Å². The summed E-state index contributed by atoms with van der Waals surface area (Å²) in [6.07, 6.45) is 8.92. The highest BCUT2D eigenvalue weighted by atomic mass is 32.1. The number of halogens is 2. The predicted octanol–water partition coefficient (Wildman–Crippen LogP) is 5.42. The minimum atomic E-state index is -0.355. The summed E-state index contributed by atoms with van der Waals surface area (Å²) >= 11 is 1.65. The number of rotatable bonds is 9. The summed E-state index contributed by atoms with van der Waals surface area (Å²) in [6.45, 7) is 0.625. The highest BCUT2D eigenvalue weighted by Crippen LogP contribution is 2.59. The van der Waals surface area contributed by atoms with Gasteiger partial charge < -0.3 is 5.32 Å². The predicted molar refractivity (Wildman–Crippen MR) is 119 cm³/mol. The summed E-state index contributed by atoms with van der Waals surface area (Å²) in [5.41, 5.74) is 1.59. The van der Waals surface area contributed by atoms with Crippen molar-refractivity contribution in [2.45, 2.75) is 31.1 Å². The number of unbranched alkanes of at least 4 members (excludes halogenated alkanes) is 1. The van der Waals surface area contributed by atoms with Gasteiger partial charge in [-0.15, -0.1) is 11.3 Å². The number of carbonyl (C=O) groups excluding carboxylic acids is 1. The van der Waals surface area contributed by atoms with Crippen LogP contribution in [0.1, 0.15) is 35.4 Å². The number of aryl methyl sites for hydroxylation is 1. The Labute approximate surface area is 184 Å². The van der Waals surface area contributed by atoms with Gasteiger partial charge in [-0.1, -0.05) is 30.3 Å². The number of nitrogens with zero attached hydrogens (tertiary/aromatic N) is 1. The number of amides is 1. The van der Waals surface area contributed by atoms with Crippen LogP contribution in [0.3, 0.4) is 0 Å². The molecule has 0 radical (unpaired) electrons. The van der Waals surface area contributed by atoms with Crippen molar-refractivity contribution in [3.8, 4) is 0 Å². The van der Waals surface area contributed by atoms with Crippen LogP contribution >= 0.6 is 11.3 Å². The molecule has 1 aliphatic carbocycles. The molecule has 31 heavy (non-hydrogen) atoms. The Hall–Kier alpha value is -2.86. The van der Waals surface area contributed by atoms with E-state index in [0.717, 1.165) is 41.8 Å². The zero-order valence-electron chi connectivity index (χ0n) is 17.1. The number of allylic oxidation sites excluding steroid dienone is 1. The average Bonchev–Trinajstić information content (AvgIpc) is 3.26. The third-order valence-corrected chi connectivity index (χ3v) is 6.65. The Balaban J connectivity index is 1.35. The van der Waals surface area contributed by atoms with Gasteiger partial charge in [0.1, 0.15) is 11.6 Å². The van der Waals surface area contributed by atoms with E-state index in [0.29, 0.717) is 6.54 Å². The van der Waals surface area contributed by atoms with E-state index in [2.05, 4.69) is 10.3 Å². The van der Waals surface area contributed by atoms with Crippen LogP contribution < -0.4 is 5.32 Å². The second-order valence-electron chi connectivity index (χ2n) is 7.83. The van der Waals surface area contributed by atoms with Gasteiger partial charge >= 0.3 is 0 Å². The zero-order valence-corrected chi connectivity index (χ0v) is 17.9. The van der Waals surface area contributed by atoms with Crippen LogP contribution in [0, 0.1) is 17.6 Å². The molecule has 0 aliphatic heterocycles. The van der Waals surface area contributed by atoms with Gasteiger partial charge in [0.15, 0.2) is 0 Å². The van der Waals surface area contributed by atoms with Gasteiger partial charge in [0.25, 0.3) is 0 Å². The summed E-state index contributed by atoms with van der Waals surface area (Å²) in [5, 5.41) is 6.02. The third-order valence-electron chi connectivity index (χ3n) is 5.81. The Morgan fingerprint density at radius 3 is 2.29 bits per heavy atom. The van der Waals surface area contributed by atoms with Crippen LogP contribution in [-0.4, -0.2) is 17.4 Å². The van der Waals surface area contributed by atoms with Crippen molar-refractivity contribution in [1.29, 1.82) is 0 Å². The van der Waals surface area contributed by atoms with Crippen molar-refractivity contribution in [1.82, 2.24) is 10.3 Å². The molecule has 3 nitrogen and oxygen atoms in total. The number of carbonyl (C=O) groups is 1. The molecule has 0 unspecified atom stereocenters. The van der Waals surface area contributed by atoms with E-state index in [9.17, 15) is 13.6 Å². The van der Waals surface area contributed by atoms with E-state index in [1.54, 1.807) is 41.7 Å². The van der Waals surface area contributed by atoms with Crippen LogP contribution in [0.4, 0.5) is 8.78 Å². The van der Waals surface area contributed by atoms with Crippen molar-refractivity contribution >= 4 is 17.2 Å². The van der Waals surface area contributed by atoms with Crippen LogP contribution in [0.2, 0.25) is 0 Å². The Kier molecular flexibility index (Phi) is 6.56. The molecule has 3 aromatic rings. The van der Waals surface area contributed by atoms with Gasteiger partial charge in [0, 0.05) is 23.5 Å². The fraction of sp³-hybridized carbons (Fsp3) is 0.280. The molecule has 0 saturated heterocycles. The van der Waals surface area contributed by atoms with E-state index >= 15 is 0 Å². The van der Waals surface area contributed by atoms with Gasteiger partial charge in [-0.05, 0) is 73.1 Å². The average molecular weight is 439 g/mol. The van der Waals surface area contributed by atoms with Gasteiger partial charge in [0.2, 0.25) is 5.91 Å². The van der Waals surface area contributed by atoms with Gasteiger partial charge in [0.05, 0.1) is 5.01 Å².